The van der Waals surface area contributed by atoms with Crippen LogP contribution >= 0.6 is 0 Å². The summed E-state index contributed by atoms with van der Waals surface area (Å²) < 4.78 is 8.41. The predicted octanol–water partition coefficient (Wildman–Crippen LogP) is 7.27. The van der Waals surface area contributed by atoms with E-state index in [0.29, 0.717) is 0 Å². The first-order valence-corrected chi connectivity index (χ1v) is 12.5. The molecule has 0 aliphatic heterocycles. The number of unbranched alkanes of at least 4 members (excludes halogenated alkanes) is 1. The molecule has 4 heteroatoms. The van der Waals surface area contributed by atoms with Gasteiger partial charge in [0.1, 0.15) is 13.4 Å². The lowest BCUT2D eigenvalue weighted by Gasteiger charge is -2.16. The monoisotopic (exact) mass is 470 g/mol. The van der Waals surface area contributed by atoms with Crippen molar-refractivity contribution in [2.45, 2.75) is 19.8 Å². The second-order valence-electron chi connectivity index (χ2n) is 9.23. The van der Waals surface area contributed by atoms with Crippen LogP contribution in [0.1, 0.15) is 19.8 Å². The molecule has 0 bridgehead atoms. The summed E-state index contributed by atoms with van der Waals surface area (Å²) in [6.07, 6.45) is 9.54. The number of aryl methyl sites for hydroxylation is 1. The number of ether oxygens (including phenoxy) is 1. The van der Waals surface area contributed by atoms with E-state index in [9.17, 15) is 0 Å². The molecule has 6 aromatic rings. The zero-order valence-corrected chi connectivity index (χ0v) is 20.6. The molecule has 4 aromatic carbocycles. The van der Waals surface area contributed by atoms with Gasteiger partial charge >= 0.3 is 0 Å². The van der Waals surface area contributed by atoms with E-state index >= 15 is 0 Å². The maximum Gasteiger partial charge on any atom is 0.255 e. The van der Waals surface area contributed by atoms with Crippen LogP contribution in [0.25, 0.3) is 54.7 Å². The average Bonchev–Trinajstić information content (AvgIpc) is 2.92. The van der Waals surface area contributed by atoms with Crippen molar-refractivity contribution in [3.05, 3.63) is 97.7 Å². The number of hydrogen-bond acceptors (Lipinski definition) is 3. The first-order valence-electron chi connectivity index (χ1n) is 12.5. The normalized spacial score (nSPS) is 11.4. The Hall–Kier alpha value is -4.31. The number of benzene rings is 4. The van der Waals surface area contributed by atoms with Crippen LogP contribution in [0, 0.1) is 0 Å². The molecule has 2 aromatic heterocycles. The van der Waals surface area contributed by atoms with Gasteiger partial charge in [0.15, 0.2) is 11.9 Å². The summed E-state index contributed by atoms with van der Waals surface area (Å²) in [5.74, 6) is 0.932. The zero-order valence-electron chi connectivity index (χ0n) is 20.6. The molecule has 4 nitrogen and oxygen atoms in total. The average molecular weight is 471 g/mol. The van der Waals surface area contributed by atoms with E-state index in [1.54, 1.807) is 6.33 Å². The van der Waals surface area contributed by atoms with Gasteiger partial charge in [0.2, 0.25) is 0 Å². The molecule has 176 valence electrons. The van der Waals surface area contributed by atoms with E-state index in [0.717, 1.165) is 41.8 Å². The van der Waals surface area contributed by atoms with E-state index in [4.69, 9.17) is 4.74 Å². The van der Waals surface area contributed by atoms with Gasteiger partial charge in [0, 0.05) is 24.0 Å². The molecule has 0 spiro atoms. The molecule has 0 fully saturated rings. The second kappa shape index (κ2) is 9.38. The van der Waals surface area contributed by atoms with E-state index in [1.165, 1.54) is 38.1 Å². The van der Waals surface area contributed by atoms with Crippen molar-refractivity contribution in [2.24, 2.45) is 7.05 Å². The molecule has 6 rings (SSSR count). The molecule has 0 N–H and O–H groups in total. The number of hydrogen-bond donors (Lipinski definition) is 0. The Morgan fingerprint density at radius 2 is 1.58 bits per heavy atom. The fourth-order valence-corrected chi connectivity index (χ4v) is 5.12. The van der Waals surface area contributed by atoms with Crippen molar-refractivity contribution >= 4 is 32.4 Å². The summed E-state index contributed by atoms with van der Waals surface area (Å²) >= 11 is 0. The van der Waals surface area contributed by atoms with Gasteiger partial charge in [-0.15, -0.1) is 0 Å². The van der Waals surface area contributed by atoms with Crippen LogP contribution in [-0.4, -0.2) is 16.6 Å². The molecule has 0 radical (unpaired) electrons. The van der Waals surface area contributed by atoms with Gasteiger partial charge in [-0.2, -0.15) is 4.57 Å². The smallest absolute Gasteiger partial charge is 0.255 e. The van der Waals surface area contributed by atoms with Crippen LogP contribution in [0.5, 0.6) is 5.75 Å². The van der Waals surface area contributed by atoms with E-state index < -0.39 is 0 Å². The molecular formula is C32H28N3O+. The Bertz CT molecular complexity index is 1710. The number of nitrogens with zero attached hydrogens (tertiary/aromatic N) is 3. The Labute approximate surface area is 210 Å². The highest BCUT2D eigenvalue weighted by Crippen LogP contribution is 2.41. The third-order valence-corrected chi connectivity index (χ3v) is 6.89. The summed E-state index contributed by atoms with van der Waals surface area (Å²) in [7, 11) is 2.09. The fourth-order valence-electron chi connectivity index (χ4n) is 5.12. The largest absolute Gasteiger partial charge is 0.487 e. The highest BCUT2D eigenvalue weighted by molar-refractivity contribution is 6.17. The zero-order chi connectivity index (χ0) is 24.5. The SMILES string of the molecule is CCCCOc1ccc(-c2c3ccccc3cc3cc(-c4cncnc4)ccc23)c2ccc[n+](C)c12. The molecule has 36 heavy (non-hydrogen) atoms. The minimum Gasteiger partial charge on any atom is -0.487 e. The number of aromatic nitrogens is 3. The van der Waals surface area contributed by atoms with Gasteiger partial charge in [-0.1, -0.05) is 49.7 Å². The predicted molar refractivity (Wildman–Crippen MR) is 147 cm³/mol. The van der Waals surface area contributed by atoms with Crippen LogP contribution in [0.15, 0.2) is 97.7 Å². The number of pyridine rings is 1. The van der Waals surface area contributed by atoms with Crippen molar-refractivity contribution in [1.82, 2.24) is 9.97 Å². The topological polar surface area (TPSA) is 38.9 Å². The second-order valence-corrected chi connectivity index (χ2v) is 9.23. The van der Waals surface area contributed by atoms with Crippen LogP contribution in [0.4, 0.5) is 0 Å². The minimum absolute atomic E-state index is 0.725. The van der Waals surface area contributed by atoms with E-state index in [2.05, 4.69) is 107 Å². The van der Waals surface area contributed by atoms with Crippen LogP contribution in [0.2, 0.25) is 0 Å². The molecule has 0 aliphatic carbocycles. The molecular weight excluding hydrogens is 442 g/mol. The van der Waals surface area contributed by atoms with E-state index in [1.807, 2.05) is 12.4 Å². The molecule has 0 aliphatic rings. The maximum absolute atomic E-state index is 6.24. The standard InChI is InChI=1S/C32H28N3O/c1-3-4-16-36-30-14-13-28(29-10-7-15-35(2)32(29)30)31-26-9-6-5-8-23(26)18-24-17-22(11-12-27(24)31)25-19-33-21-34-20-25/h5-15,17-21H,3-4,16H2,1-2H3/q+1. The summed E-state index contributed by atoms with van der Waals surface area (Å²) in [6.45, 7) is 2.91. The van der Waals surface area contributed by atoms with Gasteiger partial charge in [-0.25, -0.2) is 9.97 Å². The molecule has 0 amide bonds. The number of fused-ring (bicyclic) bond motifs is 3. The first-order chi connectivity index (χ1) is 17.7. The molecule has 0 saturated heterocycles. The van der Waals surface area contributed by atoms with Crippen molar-refractivity contribution < 1.29 is 9.30 Å². The van der Waals surface area contributed by atoms with Crippen LogP contribution in [-0.2, 0) is 7.05 Å². The highest BCUT2D eigenvalue weighted by atomic mass is 16.5. The van der Waals surface area contributed by atoms with Gasteiger partial charge in [0.05, 0.1) is 12.0 Å². The van der Waals surface area contributed by atoms with Crippen molar-refractivity contribution in [3.63, 3.8) is 0 Å². The minimum atomic E-state index is 0.725. The Morgan fingerprint density at radius 3 is 2.44 bits per heavy atom. The number of rotatable bonds is 6. The van der Waals surface area contributed by atoms with Gasteiger partial charge in [-0.05, 0) is 75.0 Å². The Kier molecular flexibility index (Phi) is 5.78. The summed E-state index contributed by atoms with van der Waals surface area (Å²) in [4.78, 5) is 8.42. The third-order valence-electron chi connectivity index (χ3n) is 6.89. The van der Waals surface area contributed by atoms with Crippen molar-refractivity contribution in [3.8, 4) is 28.0 Å². The van der Waals surface area contributed by atoms with Crippen molar-refractivity contribution in [1.29, 1.82) is 0 Å². The highest BCUT2D eigenvalue weighted by Gasteiger charge is 2.20. The summed E-state index contributed by atoms with van der Waals surface area (Å²) in [5, 5.41) is 6.07. The van der Waals surface area contributed by atoms with Gasteiger partial charge in [0.25, 0.3) is 5.52 Å². The summed E-state index contributed by atoms with van der Waals surface area (Å²) in [5.41, 5.74) is 5.70. The molecule has 0 atom stereocenters. The lowest BCUT2D eigenvalue weighted by atomic mass is 9.89. The fraction of sp³-hybridized carbons (Fsp3) is 0.156. The molecule has 0 saturated carbocycles. The van der Waals surface area contributed by atoms with Gasteiger partial charge in [-0.3, -0.25) is 0 Å². The first kappa shape index (κ1) is 22.2. The maximum atomic E-state index is 6.24. The third kappa shape index (κ3) is 3.85. The Balaban J connectivity index is 1.64. The van der Waals surface area contributed by atoms with Gasteiger partial charge < -0.3 is 4.74 Å². The summed E-state index contributed by atoms with van der Waals surface area (Å²) in [6, 6.07) is 26.3. The van der Waals surface area contributed by atoms with Crippen molar-refractivity contribution in [2.75, 3.05) is 6.61 Å². The molecule has 0 unspecified atom stereocenters. The lowest BCUT2D eigenvalue weighted by Crippen LogP contribution is -2.28. The quantitative estimate of drug-likeness (QED) is 0.146. The van der Waals surface area contributed by atoms with Crippen LogP contribution in [0.3, 0.4) is 0 Å². The Morgan fingerprint density at radius 1 is 0.778 bits per heavy atom. The lowest BCUT2D eigenvalue weighted by molar-refractivity contribution is -0.645. The van der Waals surface area contributed by atoms with Crippen LogP contribution < -0.4 is 9.30 Å². The van der Waals surface area contributed by atoms with E-state index in [-0.39, 0.29) is 0 Å². The molecule has 2 heterocycles.